The number of halogens is 2. The van der Waals surface area contributed by atoms with Crippen molar-refractivity contribution >= 4 is 39.3 Å². The van der Waals surface area contributed by atoms with Gasteiger partial charge in [0.15, 0.2) is 0 Å². The first kappa shape index (κ1) is 11.5. The van der Waals surface area contributed by atoms with Gasteiger partial charge in [0.2, 0.25) is 5.91 Å². The van der Waals surface area contributed by atoms with Gasteiger partial charge in [-0.05, 0) is 12.1 Å². The van der Waals surface area contributed by atoms with E-state index in [0.717, 1.165) is 4.47 Å². The van der Waals surface area contributed by atoms with Gasteiger partial charge in [0.25, 0.3) is 0 Å². The van der Waals surface area contributed by atoms with Crippen LogP contribution in [0.3, 0.4) is 0 Å². The second-order valence-electron chi connectivity index (χ2n) is 2.90. The fraction of sp³-hybridized carbons (Fsp3) is 0.333. The molecule has 0 spiro atoms. The Hall–Kier alpha value is -0.610. The SMILES string of the molecule is CC(CCl)C(=O)Nc1cc(Br)ccn1. The van der Waals surface area contributed by atoms with Crippen LogP contribution in [0.4, 0.5) is 5.82 Å². The number of alkyl halides is 1. The summed E-state index contributed by atoms with van der Waals surface area (Å²) in [6, 6.07) is 3.53. The number of aromatic nitrogens is 1. The van der Waals surface area contributed by atoms with Gasteiger partial charge in [-0.15, -0.1) is 11.6 Å². The van der Waals surface area contributed by atoms with Crippen molar-refractivity contribution in [3.05, 3.63) is 22.8 Å². The molecule has 0 aliphatic heterocycles. The monoisotopic (exact) mass is 276 g/mol. The molecule has 1 aromatic heterocycles. The average Bonchev–Trinajstić information content (AvgIpc) is 2.16. The number of amides is 1. The van der Waals surface area contributed by atoms with E-state index in [4.69, 9.17) is 11.6 Å². The lowest BCUT2D eigenvalue weighted by Crippen LogP contribution is -2.21. The van der Waals surface area contributed by atoms with Crippen molar-refractivity contribution in [2.45, 2.75) is 6.92 Å². The van der Waals surface area contributed by atoms with Crippen LogP contribution in [0.1, 0.15) is 6.92 Å². The van der Waals surface area contributed by atoms with E-state index in [1.165, 1.54) is 0 Å². The molecule has 0 bridgehead atoms. The van der Waals surface area contributed by atoms with Crippen molar-refractivity contribution in [2.75, 3.05) is 11.2 Å². The second kappa shape index (κ2) is 5.32. The third kappa shape index (κ3) is 3.27. The Balaban J connectivity index is 2.65. The molecule has 0 aromatic carbocycles. The number of nitrogens with zero attached hydrogens (tertiary/aromatic N) is 1. The van der Waals surface area contributed by atoms with Crippen molar-refractivity contribution in [3.63, 3.8) is 0 Å². The molecule has 0 fully saturated rings. The quantitative estimate of drug-likeness (QED) is 0.863. The van der Waals surface area contributed by atoms with Gasteiger partial charge in [0.05, 0.1) is 0 Å². The van der Waals surface area contributed by atoms with E-state index in [0.29, 0.717) is 11.7 Å². The highest BCUT2D eigenvalue weighted by molar-refractivity contribution is 9.10. The summed E-state index contributed by atoms with van der Waals surface area (Å²) in [6.45, 7) is 1.76. The molecule has 1 N–H and O–H groups in total. The lowest BCUT2D eigenvalue weighted by atomic mass is 10.2. The summed E-state index contributed by atoms with van der Waals surface area (Å²) < 4.78 is 0.876. The van der Waals surface area contributed by atoms with Gasteiger partial charge in [-0.3, -0.25) is 4.79 Å². The minimum absolute atomic E-state index is 0.120. The normalized spacial score (nSPS) is 12.2. The van der Waals surface area contributed by atoms with Gasteiger partial charge < -0.3 is 5.32 Å². The molecule has 0 aliphatic carbocycles. The third-order valence-corrected chi connectivity index (χ3v) is 2.61. The van der Waals surface area contributed by atoms with E-state index in [2.05, 4.69) is 26.2 Å². The van der Waals surface area contributed by atoms with Crippen LogP contribution in [0.25, 0.3) is 0 Å². The predicted octanol–water partition coefficient (Wildman–Crippen LogP) is 2.66. The van der Waals surface area contributed by atoms with Gasteiger partial charge in [0.1, 0.15) is 5.82 Å². The summed E-state index contributed by atoms with van der Waals surface area (Å²) in [5, 5.41) is 2.67. The van der Waals surface area contributed by atoms with E-state index in [-0.39, 0.29) is 11.8 Å². The predicted molar refractivity (Wildman–Crippen MR) is 60.5 cm³/mol. The molecule has 0 saturated heterocycles. The van der Waals surface area contributed by atoms with E-state index >= 15 is 0 Å². The molecule has 3 nitrogen and oxygen atoms in total. The van der Waals surface area contributed by atoms with E-state index < -0.39 is 0 Å². The maximum absolute atomic E-state index is 11.4. The van der Waals surface area contributed by atoms with Crippen LogP contribution < -0.4 is 5.32 Å². The number of hydrogen-bond donors (Lipinski definition) is 1. The summed E-state index contributed by atoms with van der Waals surface area (Å²) in [6.07, 6.45) is 1.62. The fourth-order valence-corrected chi connectivity index (χ4v) is 1.27. The van der Waals surface area contributed by atoms with Crippen molar-refractivity contribution < 1.29 is 4.79 Å². The number of hydrogen-bond acceptors (Lipinski definition) is 2. The number of pyridine rings is 1. The summed E-state index contributed by atoms with van der Waals surface area (Å²) in [7, 11) is 0. The molecule has 1 aromatic rings. The highest BCUT2D eigenvalue weighted by Gasteiger charge is 2.11. The molecule has 1 heterocycles. The van der Waals surface area contributed by atoms with Crippen LogP contribution in [0.2, 0.25) is 0 Å². The number of carbonyl (C=O) groups excluding carboxylic acids is 1. The van der Waals surface area contributed by atoms with Crippen molar-refractivity contribution in [3.8, 4) is 0 Å². The van der Waals surface area contributed by atoms with Crippen LogP contribution in [-0.4, -0.2) is 16.8 Å². The largest absolute Gasteiger partial charge is 0.310 e. The Morgan fingerprint density at radius 2 is 2.50 bits per heavy atom. The molecular formula is C9H10BrClN2O. The zero-order valence-corrected chi connectivity index (χ0v) is 9.97. The third-order valence-electron chi connectivity index (χ3n) is 1.65. The van der Waals surface area contributed by atoms with Gasteiger partial charge >= 0.3 is 0 Å². The number of nitrogens with one attached hydrogen (secondary N) is 1. The molecule has 1 amide bonds. The Morgan fingerprint density at radius 1 is 1.79 bits per heavy atom. The lowest BCUT2D eigenvalue weighted by molar-refractivity contribution is -0.118. The Labute approximate surface area is 96.0 Å². The Morgan fingerprint density at radius 3 is 3.07 bits per heavy atom. The first-order valence-electron chi connectivity index (χ1n) is 4.12. The summed E-state index contributed by atoms with van der Waals surface area (Å²) in [4.78, 5) is 15.4. The molecule has 0 aliphatic rings. The van der Waals surface area contributed by atoms with Crippen molar-refractivity contribution in [1.82, 2.24) is 4.98 Å². The summed E-state index contributed by atoms with van der Waals surface area (Å²) >= 11 is 8.84. The topological polar surface area (TPSA) is 42.0 Å². The Bertz CT molecular complexity index is 332. The molecule has 1 unspecified atom stereocenters. The van der Waals surface area contributed by atoms with Crippen molar-refractivity contribution in [1.29, 1.82) is 0 Å². The smallest absolute Gasteiger partial charge is 0.229 e. The maximum atomic E-state index is 11.4. The molecule has 1 atom stereocenters. The van der Waals surface area contributed by atoms with Crippen LogP contribution in [0.15, 0.2) is 22.8 Å². The van der Waals surface area contributed by atoms with E-state index in [9.17, 15) is 4.79 Å². The highest BCUT2D eigenvalue weighted by Crippen LogP contribution is 2.13. The summed E-state index contributed by atoms with van der Waals surface area (Å²) in [5.74, 6) is 0.504. The molecule has 76 valence electrons. The van der Waals surface area contributed by atoms with E-state index in [1.54, 1.807) is 25.3 Å². The first-order chi connectivity index (χ1) is 6.63. The molecule has 1 rings (SSSR count). The average molecular weight is 278 g/mol. The summed E-state index contributed by atoms with van der Waals surface area (Å²) in [5.41, 5.74) is 0. The number of carbonyl (C=O) groups is 1. The number of rotatable bonds is 3. The molecule has 5 heteroatoms. The highest BCUT2D eigenvalue weighted by atomic mass is 79.9. The zero-order valence-electron chi connectivity index (χ0n) is 7.63. The molecule has 0 saturated carbocycles. The first-order valence-corrected chi connectivity index (χ1v) is 5.44. The number of anilines is 1. The van der Waals surface area contributed by atoms with Gasteiger partial charge in [-0.2, -0.15) is 0 Å². The fourth-order valence-electron chi connectivity index (χ4n) is 0.793. The van der Waals surface area contributed by atoms with Crippen LogP contribution >= 0.6 is 27.5 Å². The molecule has 14 heavy (non-hydrogen) atoms. The van der Waals surface area contributed by atoms with Gasteiger partial charge in [-0.25, -0.2) is 4.98 Å². The lowest BCUT2D eigenvalue weighted by Gasteiger charge is -2.08. The van der Waals surface area contributed by atoms with Crippen molar-refractivity contribution in [2.24, 2.45) is 5.92 Å². The second-order valence-corrected chi connectivity index (χ2v) is 4.13. The minimum atomic E-state index is -0.211. The Kier molecular flexibility index (Phi) is 4.35. The maximum Gasteiger partial charge on any atom is 0.229 e. The van der Waals surface area contributed by atoms with Gasteiger partial charge in [-0.1, -0.05) is 22.9 Å². The van der Waals surface area contributed by atoms with Crippen LogP contribution in [0.5, 0.6) is 0 Å². The standard InChI is InChI=1S/C9H10BrClN2O/c1-6(5-11)9(14)13-8-4-7(10)2-3-12-8/h2-4,6H,5H2,1H3,(H,12,13,14). The van der Waals surface area contributed by atoms with E-state index in [1.807, 2.05) is 0 Å². The van der Waals surface area contributed by atoms with Crippen LogP contribution in [-0.2, 0) is 4.79 Å². The molecule has 0 radical (unpaired) electrons. The van der Waals surface area contributed by atoms with Crippen LogP contribution in [0, 0.1) is 5.92 Å². The minimum Gasteiger partial charge on any atom is -0.310 e. The van der Waals surface area contributed by atoms with Gasteiger partial charge in [0, 0.05) is 22.5 Å². The molecular weight excluding hydrogens is 267 g/mol. The zero-order chi connectivity index (χ0) is 10.6.